The standard InChI is InChI=1S/C12H22N2OS/c1-5-13-9(2)12-10(3)14-11(16-12)7-6-8-15-4/h9,13H,5-8H2,1-4H3. The molecule has 0 aliphatic carbocycles. The summed E-state index contributed by atoms with van der Waals surface area (Å²) in [6.07, 6.45) is 2.08. The molecule has 1 unspecified atom stereocenters. The van der Waals surface area contributed by atoms with E-state index in [1.54, 1.807) is 7.11 Å². The van der Waals surface area contributed by atoms with Gasteiger partial charge in [0.25, 0.3) is 0 Å². The lowest BCUT2D eigenvalue weighted by atomic mass is 10.2. The van der Waals surface area contributed by atoms with Crippen molar-refractivity contribution in [1.29, 1.82) is 0 Å². The number of rotatable bonds is 7. The van der Waals surface area contributed by atoms with Gasteiger partial charge in [-0.2, -0.15) is 0 Å². The SMILES string of the molecule is CCNC(C)c1sc(CCCOC)nc1C. The smallest absolute Gasteiger partial charge is 0.0932 e. The van der Waals surface area contributed by atoms with Gasteiger partial charge in [-0.1, -0.05) is 6.92 Å². The van der Waals surface area contributed by atoms with Gasteiger partial charge in [0.05, 0.1) is 10.7 Å². The molecule has 0 radical (unpaired) electrons. The number of nitrogens with one attached hydrogen (secondary N) is 1. The molecule has 1 aromatic heterocycles. The third-order valence-corrected chi connectivity index (χ3v) is 3.92. The Kier molecular flexibility index (Phi) is 5.95. The molecule has 1 heterocycles. The highest BCUT2D eigenvalue weighted by molar-refractivity contribution is 7.11. The highest BCUT2D eigenvalue weighted by Gasteiger charge is 2.12. The van der Waals surface area contributed by atoms with Gasteiger partial charge in [-0.3, -0.25) is 0 Å². The molecule has 1 atom stereocenters. The van der Waals surface area contributed by atoms with Crippen molar-refractivity contribution in [3.05, 3.63) is 15.6 Å². The lowest BCUT2D eigenvalue weighted by Gasteiger charge is -2.09. The predicted octanol–water partition coefficient (Wildman–Crippen LogP) is 2.70. The van der Waals surface area contributed by atoms with E-state index in [2.05, 4.69) is 31.1 Å². The topological polar surface area (TPSA) is 34.1 Å². The van der Waals surface area contributed by atoms with Crippen molar-refractivity contribution in [2.75, 3.05) is 20.3 Å². The maximum absolute atomic E-state index is 5.05. The van der Waals surface area contributed by atoms with E-state index >= 15 is 0 Å². The highest BCUT2D eigenvalue weighted by atomic mass is 32.1. The Morgan fingerprint density at radius 2 is 2.25 bits per heavy atom. The minimum absolute atomic E-state index is 0.415. The van der Waals surface area contributed by atoms with Gasteiger partial charge in [0.15, 0.2) is 0 Å². The fourth-order valence-corrected chi connectivity index (χ4v) is 2.88. The molecule has 0 bridgehead atoms. The van der Waals surface area contributed by atoms with Gasteiger partial charge in [0.1, 0.15) is 0 Å². The molecule has 0 spiro atoms. The number of hydrogen-bond acceptors (Lipinski definition) is 4. The Hall–Kier alpha value is -0.450. The number of aryl methyl sites for hydroxylation is 2. The van der Waals surface area contributed by atoms with E-state index in [0.29, 0.717) is 6.04 Å². The Balaban J connectivity index is 2.58. The Labute approximate surface area is 102 Å². The number of aromatic nitrogens is 1. The molecule has 92 valence electrons. The lowest BCUT2D eigenvalue weighted by molar-refractivity contribution is 0.195. The molecule has 4 heteroatoms. The van der Waals surface area contributed by atoms with E-state index in [0.717, 1.165) is 26.0 Å². The first-order valence-corrected chi connectivity index (χ1v) is 6.69. The molecule has 0 saturated carbocycles. The van der Waals surface area contributed by atoms with Gasteiger partial charge in [-0.25, -0.2) is 4.98 Å². The van der Waals surface area contributed by atoms with Crippen LogP contribution in [0.15, 0.2) is 0 Å². The van der Waals surface area contributed by atoms with Crippen molar-refractivity contribution in [2.24, 2.45) is 0 Å². The summed E-state index contributed by atoms with van der Waals surface area (Å²) in [7, 11) is 1.74. The van der Waals surface area contributed by atoms with Crippen LogP contribution in [0.3, 0.4) is 0 Å². The molecule has 1 N–H and O–H groups in total. The summed E-state index contributed by atoms with van der Waals surface area (Å²) in [6.45, 7) is 8.24. The summed E-state index contributed by atoms with van der Waals surface area (Å²) in [5.41, 5.74) is 1.17. The molecular formula is C12H22N2OS. The molecule has 3 nitrogen and oxygen atoms in total. The van der Waals surface area contributed by atoms with E-state index in [4.69, 9.17) is 4.74 Å². The minimum Gasteiger partial charge on any atom is -0.385 e. The number of thiazole rings is 1. The fourth-order valence-electron chi connectivity index (χ4n) is 1.74. The summed E-state index contributed by atoms with van der Waals surface area (Å²) in [5.74, 6) is 0. The summed E-state index contributed by atoms with van der Waals surface area (Å²) in [4.78, 5) is 5.98. The van der Waals surface area contributed by atoms with Crippen LogP contribution in [0.4, 0.5) is 0 Å². The van der Waals surface area contributed by atoms with Crippen molar-refractivity contribution < 1.29 is 4.74 Å². The highest BCUT2D eigenvalue weighted by Crippen LogP contribution is 2.25. The first-order chi connectivity index (χ1) is 7.69. The van der Waals surface area contributed by atoms with Gasteiger partial charge >= 0.3 is 0 Å². The first kappa shape index (κ1) is 13.6. The van der Waals surface area contributed by atoms with Crippen molar-refractivity contribution in [2.45, 2.75) is 39.7 Å². The van der Waals surface area contributed by atoms with Crippen LogP contribution in [-0.4, -0.2) is 25.2 Å². The van der Waals surface area contributed by atoms with Crippen LogP contribution in [0.25, 0.3) is 0 Å². The minimum atomic E-state index is 0.415. The molecular weight excluding hydrogens is 220 g/mol. The first-order valence-electron chi connectivity index (χ1n) is 5.87. The maximum Gasteiger partial charge on any atom is 0.0932 e. The number of ether oxygens (including phenoxy) is 1. The van der Waals surface area contributed by atoms with Crippen LogP contribution in [0.5, 0.6) is 0 Å². The van der Waals surface area contributed by atoms with E-state index in [9.17, 15) is 0 Å². The molecule has 0 fully saturated rings. The van der Waals surface area contributed by atoms with Gasteiger partial charge in [0, 0.05) is 31.1 Å². The Morgan fingerprint density at radius 3 is 2.88 bits per heavy atom. The van der Waals surface area contributed by atoms with Crippen LogP contribution < -0.4 is 5.32 Å². The molecule has 1 aromatic rings. The summed E-state index contributed by atoms with van der Waals surface area (Å²) in [5, 5.41) is 4.66. The van der Waals surface area contributed by atoms with E-state index in [1.807, 2.05) is 11.3 Å². The average molecular weight is 242 g/mol. The van der Waals surface area contributed by atoms with Crippen molar-refractivity contribution >= 4 is 11.3 Å². The Bertz CT molecular complexity index is 312. The van der Waals surface area contributed by atoms with E-state index in [1.165, 1.54) is 15.6 Å². The molecule has 16 heavy (non-hydrogen) atoms. The number of methoxy groups -OCH3 is 1. The molecule has 0 saturated heterocycles. The molecule has 0 aromatic carbocycles. The van der Waals surface area contributed by atoms with Gasteiger partial charge in [-0.15, -0.1) is 11.3 Å². The van der Waals surface area contributed by atoms with Gasteiger partial charge in [0.2, 0.25) is 0 Å². The maximum atomic E-state index is 5.05. The third-order valence-electron chi connectivity index (χ3n) is 2.52. The van der Waals surface area contributed by atoms with E-state index in [-0.39, 0.29) is 0 Å². The second-order valence-electron chi connectivity index (χ2n) is 3.93. The van der Waals surface area contributed by atoms with Crippen LogP contribution >= 0.6 is 11.3 Å². The second-order valence-corrected chi connectivity index (χ2v) is 5.05. The van der Waals surface area contributed by atoms with Crippen LogP contribution in [0.1, 0.15) is 41.9 Å². The van der Waals surface area contributed by atoms with E-state index < -0.39 is 0 Å². The molecule has 0 aliphatic rings. The van der Waals surface area contributed by atoms with Crippen molar-refractivity contribution in [1.82, 2.24) is 10.3 Å². The number of nitrogens with zero attached hydrogens (tertiary/aromatic N) is 1. The summed E-state index contributed by atoms with van der Waals surface area (Å²) < 4.78 is 5.05. The van der Waals surface area contributed by atoms with Gasteiger partial charge in [-0.05, 0) is 26.8 Å². The van der Waals surface area contributed by atoms with Crippen LogP contribution in [0.2, 0.25) is 0 Å². The Morgan fingerprint density at radius 1 is 1.50 bits per heavy atom. The zero-order valence-electron chi connectivity index (χ0n) is 10.7. The third kappa shape index (κ3) is 3.85. The zero-order chi connectivity index (χ0) is 12.0. The van der Waals surface area contributed by atoms with Crippen LogP contribution in [-0.2, 0) is 11.2 Å². The molecule has 0 aliphatic heterocycles. The quantitative estimate of drug-likeness (QED) is 0.747. The lowest BCUT2D eigenvalue weighted by Crippen LogP contribution is -2.17. The van der Waals surface area contributed by atoms with Crippen molar-refractivity contribution in [3.8, 4) is 0 Å². The average Bonchev–Trinajstić information content (AvgIpc) is 2.61. The predicted molar refractivity (Wildman–Crippen MR) is 69.1 cm³/mol. The van der Waals surface area contributed by atoms with Crippen LogP contribution in [0, 0.1) is 6.92 Å². The van der Waals surface area contributed by atoms with Gasteiger partial charge < -0.3 is 10.1 Å². The fraction of sp³-hybridized carbons (Fsp3) is 0.750. The summed E-state index contributed by atoms with van der Waals surface area (Å²) in [6, 6.07) is 0.415. The molecule has 0 amide bonds. The normalized spacial score (nSPS) is 13.0. The zero-order valence-corrected chi connectivity index (χ0v) is 11.5. The largest absolute Gasteiger partial charge is 0.385 e. The second kappa shape index (κ2) is 6.99. The monoisotopic (exact) mass is 242 g/mol. The summed E-state index contributed by atoms with van der Waals surface area (Å²) >= 11 is 1.83. The number of hydrogen-bond donors (Lipinski definition) is 1. The van der Waals surface area contributed by atoms with Crippen molar-refractivity contribution in [3.63, 3.8) is 0 Å². The molecule has 1 rings (SSSR count).